The molecule has 1 N–H and O–H groups in total. The highest BCUT2D eigenvalue weighted by atomic mass is 32.2. The van der Waals surface area contributed by atoms with Crippen molar-refractivity contribution in [3.63, 3.8) is 0 Å². The van der Waals surface area contributed by atoms with Gasteiger partial charge in [0.25, 0.3) is 5.69 Å². The predicted octanol–water partition coefficient (Wildman–Crippen LogP) is 3.09. The minimum Gasteiger partial charge on any atom is -0.496 e. The molecule has 0 amide bonds. The van der Waals surface area contributed by atoms with Gasteiger partial charge in [-0.15, -0.1) is 0 Å². The number of methoxy groups -OCH3 is 2. The van der Waals surface area contributed by atoms with Crippen LogP contribution in [0.25, 0.3) is 0 Å². The molecular formula is C23H29N3O7S. The van der Waals surface area contributed by atoms with Gasteiger partial charge in [-0.2, -0.15) is 4.31 Å². The average molecular weight is 492 g/mol. The zero-order chi connectivity index (χ0) is 24.6. The number of nitrogens with zero attached hydrogens (tertiary/aromatic N) is 3. The molecule has 0 bridgehead atoms. The van der Waals surface area contributed by atoms with E-state index in [2.05, 4.69) is 0 Å². The summed E-state index contributed by atoms with van der Waals surface area (Å²) in [4.78, 5) is 13.0. The van der Waals surface area contributed by atoms with Crippen LogP contribution < -0.4 is 14.4 Å². The molecule has 0 aromatic heterocycles. The van der Waals surface area contributed by atoms with Crippen molar-refractivity contribution in [2.24, 2.45) is 5.92 Å². The molecular weight excluding hydrogens is 462 g/mol. The second-order valence-electron chi connectivity index (χ2n) is 8.78. The third-order valence-electron chi connectivity index (χ3n) is 6.53. The number of nitro benzene ring substituents is 1. The van der Waals surface area contributed by atoms with Crippen LogP contribution in [0.5, 0.6) is 11.5 Å². The Morgan fingerprint density at radius 2 is 1.82 bits per heavy atom. The lowest BCUT2D eigenvalue weighted by Gasteiger charge is -2.35. The van der Waals surface area contributed by atoms with Gasteiger partial charge in [-0.3, -0.25) is 10.1 Å². The van der Waals surface area contributed by atoms with E-state index in [1.165, 1.54) is 30.7 Å². The quantitative estimate of drug-likeness (QED) is 0.483. The topological polar surface area (TPSA) is 122 Å². The molecule has 2 atom stereocenters. The summed E-state index contributed by atoms with van der Waals surface area (Å²) in [6, 6.07) is 7.40. The first-order valence-corrected chi connectivity index (χ1v) is 12.6. The maximum absolute atomic E-state index is 13.2. The summed E-state index contributed by atoms with van der Waals surface area (Å²) in [5.41, 5.74) is 1.14. The highest BCUT2D eigenvalue weighted by molar-refractivity contribution is 7.89. The summed E-state index contributed by atoms with van der Waals surface area (Å²) in [7, 11) is -0.834. The third-order valence-corrected chi connectivity index (χ3v) is 8.39. The molecule has 184 valence electrons. The Balaban J connectivity index is 1.73. The molecule has 2 heterocycles. The van der Waals surface area contributed by atoms with Gasteiger partial charge >= 0.3 is 0 Å². The van der Waals surface area contributed by atoms with E-state index in [1.807, 2.05) is 6.92 Å². The number of aliphatic hydroxyl groups is 1. The summed E-state index contributed by atoms with van der Waals surface area (Å²) in [5, 5.41) is 22.9. The zero-order valence-corrected chi connectivity index (χ0v) is 20.2. The molecule has 2 aliphatic heterocycles. The van der Waals surface area contributed by atoms with Crippen LogP contribution in [0.2, 0.25) is 0 Å². The first-order valence-electron chi connectivity index (χ1n) is 11.1. The molecule has 4 rings (SSSR count). The second kappa shape index (κ2) is 9.40. The zero-order valence-electron chi connectivity index (χ0n) is 19.4. The average Bonchev–Trinajstić information content (AvgIpc) is 2.82. The van der Waals surface area contributed by atoms with Crippen LogP contribution in [-0.4, -0.2) is 56.6 Å². The van der Waals surface area contributed by atoms with Gasteiger partial charge in [0.15, 0.2) is 0 Å². The molecule has 2 aromatic rings. The molecule has 0 unspecified atom stereocenters. The Morgan fingerprint density at radius 1 is 1.12 bits per heavy atom. The van der Waals surface area contributed by atoms with Crippen molar-refractivity contribution in [2.45, 2.75) is 37.3 Å². The lowest BCUT2D eigenvalue weighted by atomic mass is 9.94. The van der Waals surface area contributed by atoms with Crippen molar-refractivity contribution in [1.82, 2.24) is 4.31 Å². The number of anilines is 1. The SMILES string of the molecule is COc1ccc(OC)c2c1CN(c1ccc(S(=O)(=O)N3CCC[C@H](C)C3)cc1[N+](=O)[O-])C[C@H]2O. The lowest BCUT2D eigenvalue weighted by Crippen LogP contribution is -2.39. The summed E-state index contributed by atoms with van der Waals surface area (Å²) >= 11 is 0. The van der Waals surface area contributed by atoms with Crippen molar-refractivity contribution in [3.05, 3.63) is 51.6 Å². The fourth-order valence-electron chi connectivity index (χ4n) is 4.85. The lowest BCUT2D eigenvalue weighted by molar-refractivity contribution is -0.384. The number of hydrogen-bond acceptors (Lipinski definition) is 8. The van der Waals surface area contributed by atoms with Crippen molar-refractivity contribution >= 4 is 21.4 Å². The largest absolute Gasteiger partial charge is 0.496 e. The Hall–Kier alpha value is -2.89. The highest BCUT2D eigenvalue weighted by Crippen LogP contribution is 2.43. The number of fused-ring (bicyclic) bond motifs is 1. The number of piperidine rings is 1. The van der Waals surface area contributed by atoms with E-state index in [4.69, 9.17) is 9.47 Å². The van der Waals surface area contributed by atoms with Gasteiger partial charge in [-0.05, 0) is 43.0 Å². The first-order chi connectivity index (χ1) is 16.2. The van der Waals surface area contributed by atoms with Gasteiger partial charge in [0, 0.05) is 43.4 Å². The molecule has 0 saturated carbocycles. The molecule has 2 aromatic carbocycles. The van der Waals surface area contributed by atoms with Crippen molar-refractivity contribution in [3.8, 4) is 11.5 Å². The van der Waals surface area contributed by atoms with Gasteiger partial charge < -0.3 is 19.5 Å². The smallest absolute Gasteiger partial charge is 0.293 e. The highest BCUT2D eigenvalue weighted by Gasteiger charge is 2.35. The summed E-state index contributed by atoms with van der Waals surface area (Å²) in [6.07, 6.45) is 0.737. The molecule has 34 heavy (non-hydrogen) atoms. The molecule has 0 aliphatic carbocycles. The number of ether oxygens (including phenoxy) is 2. The molecule has 10 nitrogen and oxygen atoms in total. The van der Waals surface area contributed by atoms with Crippen LogP contribution in [0.3, 0.4) is 0 Å². The summed E-state index contributed by atoms with van der Waals surface area (Å²) in [5.74, 6) is 1.27. The number of aliphatic hydroxyl groups excluding tert-OH is 1. The van der Waals surface area contributed by atoms with Crippen molar-refractivity contribution in [1.29, 1.82) is 0 Å². The Labute approximate surface area is 198 Å². The molecule has 0 radical (unpaired) electrons. The van der Waals surface area contributed by atoms with E-state index in [-0.39, 0.29) is 35.3 Å². The number of rotatable bonds is 6. The fraction of sp³-hybridized carbons (Fsp3) is 0.478. The number of hydrogen-bond donors (Lipinski definition) is 1. The van der Waals surface area contributed by atoms with E-state index in [1.54, 1.807) is 17.0 Å². The normalized spacial score (nSPS) is 21.1. The van der Waals surface area contributed by atoms with Gasteiger partial charge in [-0.1, -0.05) is 6.92 Å². The van der Waals surface area contributed by atoms with Crippen LogP contribution in [0.1, 0.15) is 37.0 Å². The van der Waals surface area contributed by atoms with Gasteiger partial charge in [0.05, 0.1) is 24.0 Å². The van der Waals surface area contributed by atoms with Crippen LogP contribution in [0, 0.1) is 16.0 Å². The maximum atomic E-state index is 13.2. The minimum atomic E-state index is -3.85. The maximum Gasteiger partial charge on any atom is 0.293 e. The van der Waals surface area contributed by atoms with E-state index < -0.39 is 21.1 Å². The van der Waals surface area contributed by atoms with E-state index in [0.717, 1.165) is 18.9 Å². The fourth-order valence-corrected chi connectivity index (χ4v) is 6.47. The van der Waals surface area contributed by atoms with Gasteiger partial charge in [0.1, 0.15) is 23.3 Å². The van der Waals surface area contributed by atoms with Crippen LogP contribution in [0.4, 0.5) is 11.4 Å². The minimum absolute atomic E-state index is 0.0765. The molecule has 1 fully saturated rings. The Morgan fingerprint density at radius 3 is 2.47 bits per heavy atom. The van der Waals surface area contributed by atoms with Crippen LogP contribution in [-0.2, 0) is 16.6 Å². The van der Waals surface area contributed by atoms with E-state index >= 15 is 0 Å². The Kier molecular flexibility index (Phi) is 6.70. The monoisotopic (exact) mass is 491 g/mol. The molecule has 11 heteroatoms. The van der Waals surface area contributed by atoms with E-state index in [0.29, 0.717) is 35.7 Å². The van der Waals surface area contributed by atoms with E-state index in [9.17, 15) is 23.6 Å². The standard InChI is InChI=1S/C23H29N3O7S/c1-15-5-4-10-25(12-15)34(30,31)16-6-7-18(19(11-16)26(28)29)24-13-17-21(32-2)8-9-22(33-3)23(17)20(27)14-24/h6-9,11,15,20,27H,4-5,10,12-14H2,1-3H3/t15-,20+/m0/s1. The van der Waals surface area contributed by atoms with Gasteiger partial charge in [0.2, 0.25) is 10.0 Å². The molecule has 2 aliphatic rings. The van der Waals surface area contributed by atoms with Crippen molar-refractivity contribution < 1.29 is 27.9 Å². The number of nitro groups is 1. The number of benzene rings is 2. The molecule has 1 saturated heterocycles. The number of β-amino-alcohol motifs (C(OH)–C–C–N with tert-alkyl or cyclic N) is 1. The van der Waals surface area contributed by atoms with Crippen molar-refractivity contribution in [2.75, 3.05) is 38.8 Å². The summed E-state index contributed by atoms with van der Waals surface area (Å²) in [6.45, 7) is 3.10. The first kappa shape index (κ1) is 24.2. The Bertz CT molecular complexity index is 1200. The third kappa shape index (κ3) is 4.30. The van der Waals surface area contributed by atoms with Crippen LogP contribution >= 0.6 is 0 Å². The molecule has 0 spiro atoms. The number of sulfonamides is 1. The second-order valence-corrected chi connectivity index (χ2v) is 10.7. The predicted molar refractivity (Wildman–Crippen MR) is 126 cm³/mol. The van der Waals surface area contributed by atoms with Gasteiger partial charge in [-0.25, -0.2) is 8.42 Å². The van der Waals surface area contributed by atoms with Crippen LogP contribution in [0.15, 0.2) is 35.2 Å². The summed E-state index contributed by atoms with van der Waals surface area (Å²) < 4.78 is 38.6.